The molecular formula is C18H21N3O2S2. The van der Waals surface area contributed by atoms with Gasteiger partial charge < -0.3 is 9.80 Å². The van der Waals surface area contributed by atoms with Gasteiger partial charge in [0.25, 0.3) is 5.24 Å². The zero-order chi connectivity index (χ0) is 17.2. The van der Waals surface area contributed by atoms with Crippen LogP contribution < -0.4 is 0 Å². The largest absolute Gasteiger partial charge is 0.333 e. The number of rotatable bonds is 4. The van der Waals surface area contributed by atoms with E-state index < -0.39 is 0 Å². The second-order valence-corrected chi connectivity index (χ2v) is 8.58. The number of likely N-dealkylation sites (tertiary alicyclic amines) is 1. The van der Waals surface area contributed by atoms with Crippen molar-refractivity contribution in [3.05, 3.63) is 29.3 Å². The molecule has 1 aromatic heterocycles. The highest BCUT2D eigenvalue weighted by molar-refractivity contribution is 8.13. The minimum absolute atomic E-state index is 0.0855. The Hall–Kier alpha value is -1.60. The number of hydrogen-bond donors (Lipinski definition) is 0. The number of piperidine rings is 1. The second kappa shape index (κ2) is 7.33. The molecule has 132 valence electrons. The third-order valence-electron chi connectivity index (χ3n) is 4.86. The number of thioether (sulfide) groups is 1. The lowest BCUT2D eigenvalue weighted by atomic mass is 10.0. The van der Waals surface area contributed by atoms with Gasteiger partial charge in [-0.2, -0.15) is 0 Å². The third-order valence-corrected chi connectivity index (χ3v) is 6.89. The van der Waals surface area contributed by atoms with E-state index in [9.17, 15) is 9.59 Å². The van der Waals surface area contributed by atoms with Crippen LogP contribution in [-0.2, 0) is 4.79 Å². The lowest BCUT2D eigenvalue weighted by Gasteiger charge is -2.35. The summed E-state index contributed by atoms with van der Waals surface area (Å²) < 4.78 is 1.18. The Balaban J connectivity index is 1.48. The molecule has 2 fully saturated rings. The highest BCUT2D eigenvalue weighted by atomic mass is 32.2. The standard InChI is InChI=1S/C18H21N3O2S2/c22-16(8-10-20-11-12-24-18(20)23)21-9-4-3-6-14(21)17-19-13-5-1-2-7-15(13)25-17/h1-2,5,7,14H,3-4,6,8-12H2/t14-/m1/s1. The van der Waals surface area contributed by atoms with Crippen molar-refractivity contribution in [1.29, 1.82) is 0 Å². The number of para-hydroxylation sites is 1. The Morgan fingerprint density at radius 3 is 2.92 bits per heavy atom. The Morgan fingerprint density at radius 2 is 2.12 bits per heavy atom. The molecule has 0 unspecified atom stereocenters. The average Bonchev–Trinajstić information content (AvgIpc) is 3.25. The highest BCUT2D eigenvalue weighted by Crippen LogP contribution is 2.36. The Bertz CT molecular complexity index is 758. The smallest absolute Gasteiger partial charge is 0.281 e. The summed E-state index contributed by atoms with van der Waals surface area (Å²) in [6.45, 7) is 2.09. The lowest BCUT2D eigenvalue weighted by molar-refractivity contribution is -0.135. The Morgan fingerprint density at radius 1 is 1.24 bits per heavy atom. The van der Waals surface area contributed by atoms with Crippen LogP contribution in [-0.4, -0.2) is 51.3 Å². The van der Waals surface area contributed by atoms with Gasteiger partial charge >= 0.3 is 0 Å². The highest BCUT2D eigenvalue weighted by Gasteiger charge is 2.31. The van der Waals surface area contributed by atoms with E-state index in [4.69, 9.17) is 4.98 Å². The molecule has 0 radical (unpaired) electrons. The van der Waals surface area contributed by atoms with Gasteiger partial charge in [0.15, 0.2) is 0 Å². The molecule has 5 nitrogen and oxygen atoms in total. The van der Waals surface area contributed by atoms with E-state index in [2.05, 4.69) is 6.07 Å². The zero-order valence-electron chi connectivity index (χ0n) is 14.0. The van der Waals surface area contributed by atoms with Gasteiger partial charge in [-0.25, -0.2) is 4.98 Å². The first-order chi connectivity index (χ1) is 12.2. The third kappa shape index (κ3) is 3.53. The quantitative estimate of drug-likeness (QED) is 0.813. The molecule has 1 atom stereocenters. The summed E-state index contributed by atoms with van der Waals surface area (Å²) in [6, 6.07) is 8.23. The zero-order valence-corrected chi connectivity index (χ0v) is 15.7. The molecule has 7 heteroatoms. The van der Waals surface area contributed by atoms with Crippen LogP contribution in [0.25, 0.3) is 10.2 Å². The van der Waals surface area contributed by atoms with Crippen molar-refractivity contribution in [3.8, 4) is 0 Å². The number of benzene rings is 1. The van der Waals surface area contributed by atoms with Gasteiger partial charge in [-0.05, 0) is 31.4 Å². The summed E-state index contributed by atoms with van der Waals surface area (Å²) in [4.78, 5) is 33.1. The van der Waals surface area contributed by atoms with Crippen molar-refractivity contribution in [2.24, 2.45) is 0 Å². The fourth-order valence-electron chi connectivity index (χ4n) is 3.52. The van der Waals surface area contributed by atoms with E-state index >= 15 is 0 Å². The summed E-state index contributed by atoms with van der Waals surface area (Å²) in [7, 11) is 0. The van der Waals surface area contributed by atoms with Gasteiger partial charge in [0, 0.05) is 31.8 Å². The molecule has 2 saturated heterocycles. The molecule has 0 bridgehead atoms. The molecule has 0 aliphatic carbocycles. The fraction of sp³-hybridized carbons (Fsp3) is 0.500. The molecule has 4 rings (SSSR count). The normalized spacial score (nSPS) is 21.3. The molecule has 25 heavy (non-hydrogen) atoms. The number of nitrogens with zero attached hydrogens (tertiary/aromatic N) is 3. The summed E-state index contributed by atoms with van der Waals surface area (Å²) in [6.07, 6.45) is 3.56. The molecule has 3 heterocycles. The van der Waals surface area contributed by atoms with Gasteiger partial charge in [-0.1, -0.05) is 23.9 Å². The van der Waals surface area contributed by atoms with Crippen LogP contribution in [0.15, 0.2) is 24.3 Å². The first-order valence-corrected chi connectivity index (χ1v) is 10.6. The van der Waals surface area contributed by atoms with Crippen molar-refractivity contribution in [2.75, 3.05) is 25.4 Å². The summed E-state index contributed by atoms with van der Waals surface area (Å²) in [5, 5.41) is 1.15. The van der Waals surface area contributed by atoms with E-state index in [1.165, 1.54) is 16.5 Å². The van der Waals surface area contributed by atoms with Crippen molar-refractivity contribution >= 4 is 44.5 Å². The average molecular weight is 376 g/mol. The van der Waals surface area contributed by atoms with Crippen LogP contribution >= 0.6 is 23.1 Å². The summed E-state index contributed by atoms with van der Waals surface area (Å²) in [5.74, 6) is 0.985. The van der Waals surface area contributed by atoms with Gasteiger partial charge in [0.2, 0.25) is 5.91 Å². The van der Waals surface area contributed by atoms with Crippen molar-refractivity contribution in [3.63, 3.8) is 0 Å². The Labute approximate surface area is 155 Å². The van der Waals surface area contributed by atoms with E-state index in [1.54, 1.807) is 16.2 Å². The number of thiazole rings is 1. The van der Waals surface area contributed by atoms with Gasteiger partial charge in [0.1, 0.15) is 5.01 Å². The summed E-state index contributed by atoms with van der Waals surface area (Å²) in [5.41, 5.74) is 1.01. The molecule has 2 aliphatic rings. The van der Waals surface area contributed by atoms with Gasteiger partial charge in [0.05, 0.1) is 16.3 Å². The summed E-state index contributed by atoms with van der Waals surface area (Å²) >= 11 is 3.04. The lowest BCUT2D eigenvalue weighted by Crippen LogP contribution is -2.40. The van der Waals surface area contributed by atoms with E-state index in [-0.39, 0.29) is 17.2 Å². The molecule has 0 N–H and O–H groups in total. The van der Waals surface area contributed by atoms with Crippen molar-refractivity contribution in [2.45, 2.75) is 31.7 Å². The Kier molecular flexibility index (Phi) is 4.94. The predicted molar refractivity (Wildman–Crippen MR) is 102 cm³/mol. The van der Waals surface area contributed by atoms with Crippen LogP contribution in [0.5, 0.6) is 0 Å². The molecule has 2 amide bonds. The minimum Gasteiger partial charge on any atom is -0.333 e. The second-order valence-electron chi connectivity index (χ2n) is 6.47. The topological polar surface area (TPSA) is 53.5 Å². The maximum Gasteiger partial charge on any atom is 0.281 e. The number of amides is 2. The fourth-order valence-corrected chi connectivity index (χ4v) is 5.49. The number of hydrogen-bond acceptors (Lipinski definition) is 5. The molecule has 1 aromatic carbocycles. The van der Waals surface area contributed by atoms with Gasteiger partial charge in [-0.3, -0.25) is 9.59 Å². The van der Waals surface area contributed by atoms with Crippen molar-refractivity contribution in [1.82, 2.24) is 14.8 Å². The van der Waals surface area contributed by atoms with Gasteiger partial charge in [-0.15, -0.1) is 11.3 Å². The predicted octanol–water partition coefficient (Wildman–Crippen LogP) is 3.91. The molecular weight excluding hydrogens is 354 g/mol. The molecule has 2 aromatic rings. The first-order valence-electron chi connectivity index (χ1n) is 8.79. The number of fused-ring (bicyclic) bond motifs is 1. The first kappa shape index (κ1) is 16.8. The van der Waals surface area contributed by atoms with E-state index in [0.717, 1.165) is 48.6 Å². The van der Waals surface area contributed by atoms with Crippen LogP contribution in [0, 0.1) is 0 Å². The number of carbonyl (C=O) groups is 2. The molecule has 0 saturated carbocycles. The van der Waals surface area contributed by atoms with Crippen molar-refractivity contribution < 1.29 is 9.59 Å². The van der Waals surface area contributed by atoms with E-state index in [1.807, 2.05) is 23.1 Å². The number of aromatic nitrogens is 1. The van der Waals surface area contributed by atoms with Crippen LogP contribution in [0.2, 0.25) is 0 Å². The number of carbonyl (C=O) groups excluding carboxylic acids is 2. The van der Waals surface area contributed by atoms with Crippen LogP contribution in [0.3, 0.4) is 0 Å². The van der Waals surface area contributed by atoms with E-state index in [0.29, 0.717) is 13.0 Å². The van der Waals surface area contributed by atoms with Crippen LogP contribution in [0.1, 0.15) is 36.7 Å². The minimum atomic E-state index is 0.0855. The van der Waals surface area contributed by atoms with Crippen LogP contribution in [0.4, 0.5) is 4.79 Å². The monoisotopic (exact) mass is 375 g/mol. The maximum atomic E-state index is 12.8. The maximum absolute atomic E-state index is 12.8. The molecule has 0 spiro atoms. The SMILES string of the molecule is O=C1SCCN1CCC(=O)N1CCCC[C@@H]1c1nc2ccccc2s1. The molecule has 2 aliphatic heterocycles.